The molecule has 0 aliphatic heterocycles. The minimum atomic E-state index is -3.73. The predicted molar refractivity (Wildman–Crippen MR) is 86.4 cm³/mol. The number of sulfonamides is 1. The third-order valence-electron chi connectivity index (χ3n) is 2.78. The zero-order valence-electron chi connectivity index (χ0n) is 10.7. The Morgan fingerprint density at radius 1 is 1.35 bits per heavy atom. The van der Waals surface area contributed by atoms with Crippen molar-refractivity contribution in [3.05, 3.63) is 39.0 Å². The minimum absolute atomic E-state index is 0.0189. The van der Waals surface area contributed by atoms with E-state index in [1.165, 1.54) is 12.1 Å². The molecule has 5 nitrogen and oxygen atoms in total. The first-order chi connectivity index (χ1) is 9.27. The van der Waals surface area contributed by atoms with Crippen LogP contribution in [0.2, 0.25) is 0 Å². The van der Waals surface area contributed by atoms with E-state index in [0.717, 1.165) is 15.0 Å². The Morgan fingerprint density at radius 3 is 2.55 bits per heavy atom. The lowest BCUT2D eigenvalue weighted by atomic mass is 10.2. The summed E-state index contributed by atoms with van der Waals surface area (Å²) >= 11 is 5.03. The molecular weight excluding hydrogens is 362 g/mol. The highest BCUT2D eigenvalue weighted by Gasteiger charge is 2.12. The smallest absolute Gasteiger partial charge is 0.238 e. The molecule has 0 spiro atoms. The van der Waals surface area contributed by atoms with E-state index in [4.69, 9.17) is 10.9 Å². The summed E-state index contributed by atoms with van der Waals surface area (Å²) in [4.78, 5) is 1.97. The molecule has 2 aromatic rings. The quantitative estimate of drug-likeness (QED) is 0.802. The van der Waals surface area contributed by atoms with Gasteiger partial charge < -0.3 is 10.6 Å². The van der Waals surface area contributed by atoms with Crippen molar-refractivity contribution in [1.29, 1.82) is 0 Å². The Bertz CT molecular complexity index is 728. The Hall–Kier alpha value is -1.09. The average molecular weight is 376 g/mol. The first-order valence-electron chi connectivity index (χ1n) is 5.64. The van der Waals surface area contributed by atoms with Crippen LogP contribution in [0.5, 0.6) is 0 Å². The standard InChI is InChI=1S/C12H14BrN3O2S2/c1-16(6-8-4-12(13)19-7-8)11-3-2-9(5-10(11)14)20(15,17)18/h2-5,7H,6,14H2,1H3,(H2,15,17,18). The number of hydrogen-bond acceptors (Lipinski definition) is 5. The molecule has 0 atom stereocenters. The van der Waals surface area contributed by atoms with Crippen LogP contribution in [0.15, 0.2) is 38.3 Å². The van der Waals surface area contributed by atoms with Crippen LogP contribution in [0.1, 0.15) is 5.56 Å². The molecule has 2 rings (SSSR count). The van der Waals surface area contributed by atoms with Crippen LogP contribution in [0.4, 0.5) is 11.4 Å². The highest BCUT2D eigenvalue weighted by molar-refractivity contribution is 9.11. The number of thiophene rings is 1. The van der Waals surface area contributed by atoms with Crippen LogP contribution in [0.3, 0.4) is 0 Å². The number of benzene rings is 1. The summed E-state index contributed by atoms with van der Waals surface area (Å²) in [6.45, 7) is 0.682. The molecule has 1 aromatic heterocycles. The van der Waals surface area contributed by atoms with Crippen molar-refractivity contribution in [3.8, 4) is 0 Å². The van der Waals surface area contributed by atoms with Crippen molar-refractivity contribution in [2.75, 3.05) is 17.7 Å². The van der Waals surface area contributed by atoms with E-state index in [2.05, 4.69) is 21.3 Å². The molecule has 108 valence electrons. The van der Waals surface area contributed by atoms with Gasteiger partial charge in [-0.1, -0.05) is 0 Å². The summed E-state index contributed by atoms with van der Waals surface area (Å²) < 4.78 is 23.6. The van der Waals surface area contributed by atoms with E-state index in [1.54, 1.807) is 17.4 Å². The summed E-state index contributed by atoms with van der Waals surface area (Å²) in [5.41, 5.74) is 8.21. The lowest BCUT2D eigenvalue weighted by Gasteiger charge is -2.21. The topological polar surface area (TPSA) is 89.4 Å². The van der Waals surface area contributed by atoms with Gasteiger partial charge in [0.25, 0.3) is 0 Å². The van der Waals surface area contributed by atoms with Crippen molar-refractivity contribution in [1.82, 2.24) is 0 Å². The Morgan fingerprint density at radius 2 is 2.05 bits per heavy atom. The van der Waals surface area contributed by atoms with Crippen LogP contribution >= 0.6 is 27.3 Å². The third-order valence-corrected chi connectivity index (χ3v) is 5.24. The third kappa shape index (κ3) is 3.51. The van der Waals surface area contributed by atoms with Gasteiger partial charge in [0.05, 0.1) is 20.1 Å². The molecule has 4 N–H and O–H groups in total. The Labute approximate surface area is 130 Å². The van der Waals surface area contributed by atoms with E-state index < -0.39 is 10.0 Å². The van der Waals surface area contributed by atoms with Crippen LogP contribution in [-0.2, 0) is 16.6 Å². The van der Waals surface area contributed by atoms with Gasteiger partial charge in [0.2, 0.25) is 10.0 Å². The normalized spacial score (nSPS) is 11.6. The number of nitrogen functional groups attached to an aromatic ring is 1. The number of nitrogens with zero attached hydrogens (tertiary/aromatic N) is 1. The molecule has 0 unspecified atom stereocenters. The van der Waals surface area contributed by atoms with Gasteiger partial charge in [0, 0.05) is 13.6 Å². The summed E-state index contributed by atoms with van der Waals surface area (Å²) in [6, 6.07) is 6.54. The van der Waals surface area contributed by atoms with Gasteiger partial charge in [-0.25, -0.2) is 13.6 Å². The summed E-state index contributed by atoms with van der Waals surface area (Å²) in [5, 5.41) is 7.13. The van der Waals surface area contributed by atoms with E-state index in [1.807, 2.05) is 18.0 Å². The molecule has 1 aromatic carbocycles. The highest BCUT2D eigenvalue weighted by atomic mass is 79.9. The molecule has 0 saturated carbocycles. The number of rotatable bonds is 4. The predicted octanol–water partition coefficient (Wildman–Crippen LogP) is 2.38. The molecule has 0 aliphatic rings. The second-order valence-corrected chi connectivity index (χ2v) is 8.23. The van der Waals surface area contributed by atoms with Crippen LogP contribution in [0, 0.1) is 0 Å². The van der Waals surface area contributed by atoms with Crippen molar-refractivity contribution >= 4 is 48.7 Å². The largest absolute Gasteiger partial charge is 0.397 e. The Kier molecular flexibility index (Phi) is 4.38. The van der Waals surface area contributed by atoms with E-state index in [0.29, 0.717) is 12.2 Å². The van der Waals surface area contributed by atoms with Crippen LogP contribution in [0.25, 0.3) is 0 Å². The molecule has 0 aliphatic carbocycles. The number of anilines is 2. The Balaban J connectivity index is 2.24. The molecule has 0 bridgehead atoms. The minimum Gasteiger partial charge on any atom is -0.397 e. The van der Waals surface area contributed by atoms with Gasteiger partial charge in [0.15, 0.2) is 0 Å². The van der Waals surface area contributed by atoms with Crippen molar-refractivity contribution in [2.45, 2.75) is 11.4 Å². The summed E-state index contributed by atoms with van der Waals surface area (Å²) in [7, 11) is -1.83. The fourth-order valence-electron chi connectivity index (χ4n) is 1.84. The summed E-state index contributed by atoms with van der Waals surface area (Å²) in [5.74, 6) is 0. The lowest BCUT2D eigenvalue weighted by molar-refractivity contribution is 0.598. The monoisotopic (exact) mass is 375 g/mol. The second kappa shape index (κ2) is 5.72. The first-order valence-corrected chi connectivity index (χ1v) is 8.85. The van der Waals surface area contributed by atoms with Crippen LogP contribution in [-0.4, -0.2) is 15.5 Å². The van der Waals surface area contributed by atoms with E-state index in [9.17, 15) is 8.42 Å². The SMILES string of the molecule is CN(Cc1csc(Br)c1)c1ccc(S(N)(=O)=O)cc1N. The second-order valence-electron chi connectivity index (χ2n) is 4.38. The molecule has 0 fully saturated rings. The zero-order valence-corrected chi connectivity index (χ0v) is 13.9. The van der Waals surface area contributed by atoms with E-state index >= 15 is 0 Å². The van der Waals surface area contributed by atoms with Crippen molar-refractivity contribution in [2.24, 2.45) is 5.14 Å². The molecule has 20 heavy (non-hydrogen) atoms. The average Bonchev–Trinajstić information content (AvgIpc) is 2.73. The van der Waals surface area contributed by atoms with Gasteiger partial charge in [-0.15, -0.1) is 11.3 Å². The lowest BCUT2D eigenvalue weighted by Crippen LogP contribution is -2.18. The number of primary sulfonamides is 1. The molecule has 8 heteroatoms. The fourth-order valence-corrected chi connectivity index (χ4v) is 3.59. The van der Waals surface area contributed by atoms with Crippen molar-refractivity contribution in [3.63, 3.8) is 0 Å². The molecule has 0 amide bonds. The van der Waals surface area contributed by atoms with Crippen molar-refractivity contribution < 1.29 is 8.42 Å². The van der Waals surface area contributed by atoms with Gasteiger partial charge in [-0.2, -0.15) is 0 Å². The van der Waals surface area contributed by atoms with E-state index in [-0.39, 0.29) is 4.90 Å². The maximum atomic E-state index is 11.3. The number of halogens is 1. The maximum Gasteiger partial charge on any atom is 0.238 e. The maximum absolute atomic E-state index is 11.3. The van der Waals surface area contributed by atoms with Gasteiger partial charge >= 0.3 is 0 Å². The fraction of sp³-hybridized carbons (Fsp3) is 0.167. The highest BCUT2D eigenvalue weighted by Crippen LogP contribution is 2.28. The molecular formula is C12H14BrN3O2S2. The number of hydrogen-bond donors (Lipinski definition) is 2. The molecule has 1 heterocycles. The van der Waals surface area contributed by atoms with Gasteiger partial charge in [-0.05, 0) is 51.1 Å². The molecule has 0 saturated heterocycles. The van der Waals surface area contributed by atoms with Gasteiger partial charge in [0.1, 0.15) is 0 Å². The number of nitrogens with two attached hydrogens (primary N) is 2. The summed E-state index contributed by atoms with van der Waals surface area (Å²) in [6.07, 6.45) is 0. The zero-order chi connectivity index (χ0) is 14.9. The molecule has 0 radical (unpaired) electrons. The first kappa shape index (κ1) is 15.3. The van der Waals surface area contributed by atoms with Gasteiger partial charge in [-0.3, -0.25) is 0 Å². The van der Waals surface area contributed by atoms with Crippen LogP contribution < -0.4 is 15.8 Å².